The molecule has 0 radical (unpaired) electrons. The minimum atomic E-state index is -3.98. The van der Waals surface area contributed by atoms with Crippen LogP contribution in [-0.4, -0.2) is 64.7 Å². The van der Waals surface area contributed by atoms with Crippen LogP contribution >= 0.6 is 11.6 Å². The van der Waals surface area contributed by atoms with Crippen LogP contribution in [0, 0.1) is 0 Å². The van der Waals surface area contributed by atoms with Gasteiger partial charge in [0, 0.05) is 30.6 Å². The average molecular weight is 616 g/mol. The lowest BCUT2D eigenvalue weighted by Crippen LogP contribution is -2.53. The van der Waals surface area contributed by atoms with Crippen LogP contribution in [0.3, 0.4) is 0 Å². The van der Waals surface area contributed by atoms with E-state index in [0.717, 1.165) is 29.0 Å². The number of hydrogen-bond acceptors (Lipinski definition) is 6. The van der Waals surface area contributed by atoms with E-state index >= 15 is 0 Å². The summed E-state index contributed by atoms with van der Waals surface area (Å²) in [5.41, 5.74) is 1.69. The lowest BCUT2D eigenvalue weighted by molar-refractivity contribution is -0.140. The number of unbranched alkanes of at least 4 members (excludes halogenated alkanes) is 1. The first-order valence-electron chi connectivity index (χ1n) is 13.6. The molecule has 0 aliphatic rings. The average Bonchev–Trinajstić information content (AvgIpc) is 2.97. The van der Waals surface area contributed by atoms with Crippen molar-refractivity contribution in [2.24, 2.45) is 0 Å². The molecule has 0 unspecified atom stereocenters. The number of halogens is 1. The maximum Gasteiger partial charge on any atom is 0.244 e. The van der Waals surface area contributed by atoms with Crippen LogP contribution in [0.4, 0.5) is 5.69 Å². The molecule has 0 spiro atoms. The van der Waals surface area contributed by atoms with Crippen LogP contribution < -0.4 is 19.1 Å². The maximum absolute atomic E-state index is 14.2. The third kappa shape index (κ3) is 9.12. The zero-order valence-corrected chi connectivity index (χ0v) is 26.0. The fraction of sp³-hybridized carbons (Fsp3) is 0.355. The third-order valence-corrected chi connectivity index (χ3v) is 8.04. The van der Waals surface area contributed by atoms with Gasteiger partial charge in [-0.15, -0.1) is 0 Å². The molecule has 9 nitrogen and oxygen atoms in total. The second-order valence-corrected chi connectivity index (χ2v) is 12.2. The summed E-state index contributed by atoms with van der Waals surface area (Å²) < 4.78 is 37.9. The Bertz CT molecular complexity index is 1450. The quantitative estimate of drug-likeness (QED) is 0.249. The fourth-order valence-electron chi connectivity index (χ4n) is 4.48. The predicted octanol–water partition coefficient (Wildman–Crippen LogP) is 4.68. The van der Waals surface area contributed by atoms with Gasteiger partial charge >= 0.3 is 0 Å². The minimum Gasteiger partial charge on any atom is -0.497 e. The van der Waals surface area contributed by atoms with Gasteiger partial charge in [-0.25, -0.2) is 8.42 Å². The van der Waals surface area contributed by atoms with Crippen molar-refractivity contribution in [2.75, 3.05) is 37.9 Å². The van der Waals surface area contributed by atoms with Crippen molar-refractivity contribution < 1.29 is 27.5 Å². The molecule has 3 aromatic carbocycles. The minimum absolute atomic E-state index is 0.0327. The Morgan fingerprint density at radius 1 is 0.952 bits per heavy atom. The van der Waals surface area contributed by atoms with Gasteiger partial charge in [0.25, 0.3) is 0 Å². The number of ether oxygens (including phenoxy) is 2. The highest BCUT2D eigenvalue weighted by Gasteiger charge is 2.33. The van der Waals surface area contributed by atoms with Crippen molar-refractivity contribution >= 4 is 39.1 Å². The molecule has 42 heavy (non-hydrogen) atoms. The van der Waals surface area contributed by atoms with E-state index in [1.165, 1.54) is 25.2 Å². The number of amides is 2. The summed E-state index contributed by atoms with van der Waals surface area (Å²) in [6, 6.07) is 20.2. The zero-order valence-electron chi connectivity index (χ0n) is 24.4. The molecular formula is C31H38ClN3O6S. The molecule has 3 aromatic rings. The smallest absolute Gasteiger partial charge is 0.244 e. The Morgan fingerprint density at radius 2 is 1.67 bits per heavy atom. The van der Waals surface area contributed by atoms with Gasteiger partial charge in [0.2, 0.25) is 21.8 Å². The monoisotopic (exact) mass is 615 g/mol. The highest BCUT2D eigenvalue weighted by Crippen LogP contribution is 2.34. The van der Waals surface area contributed by atoms with E-state index in [9.17, 15) is 18.0 Å². The van der Waals surface area contributed by atoms with Gasteiger partial charge in [0.05, 0.1) is 26.2 Å². The van der Waals surface area contributed by atoms with Crippen LogP contribution in [0.25, 0.3) is 0 Å². The summed E-state index contributed by atoms with van der Waals surface area (Å²) in [6.07, 6.45) is 2.91. The first-order valence-corrected chi connectivity index (χ1v) is 15.8. The number of rotatable bonds is 15. The number of sulfonamides is 1. The molecule has 1 N–H and O–H groups in total. The van der Waals surface area contributed by atoms with Crippen LogP contribution in [0.2, 0.25) is 5.02 Å². The number of carbonyl (C=O) groups excluding carboxylic acids is 2. The van der Waals surface area contributed by atoms with E-state index in [0.29, 0.717) is 22.9 Å². The topological polar surface area (TPSA) is 105 Å². The van der Waals surface area contributed by atoms with Gasteiger partial charge in [-0.2, -0.15) is 0 Å². The standard InChI is InChI=1S/C31H38ClN3O6S/c1-5-6-17-33-31(37)28(19-23-11-8-7-9-12-23)34(21-24-13-10-14-25(32)18-24)30(36)22-35(42(4,38)39)27-20-26(40-2)15-16-29(27)41-3/h7-16,18,20,28H,5-6,17,19,21-22H2,1-4H3,(H,33,37)/t28-/m1/s1. The van der Waals surface area contributed by atoms with Crippen LogP contribution in [-0.2, 0) is 32.6 Å². The summed E-state index contributed by atoms with van der Waals surface area (Å²) in [6.45, 7) is 1.94. The van der Waals surface area contributed by atoms with Gasteiger partial charge in [-0.1, -0.05) is 67.4 Å². The zero-order chi connectivity index (χ0) is 30.7. The molecule has 0 bridgehead atoms. The number of anilines is 1. The second-order valence-electron chi connectivity index (χ2n) is 9.81. The molecular weight excluding hydrogens is 578 g/mol. The summed E-state index contributed by atoms with van der Waals surface area (Å²) in [5.74, 6) is -0.266. The van der Waals surface area contributed by atoms with E-state index in [1.807, 2.05) is 37.3 Å². The molecule has 1 atom stereocenters. The van der Waals surface area contributed by atoms with Crippen molar-refractivity contribution in [3.05, 3.63) is 88.9 Å². The van der Waals surface area contributed by atoms with Crippen molar-refractivity contribution in [2.45, 2.75) is 38.8 Å². The molecule has 0 saturated carbocycles. The van der Waals surface area contributed by atoms with Crippen LogP contribution in [0.15, 0.2) is 72.8 Å². The first kappa shape index (κ1) is 32.8. The molecule has 226 valence electrons. The normalized spacial score (nSPS) is 11.8. The van der Waals surface area contributed by atoms with Crippen molar-refractivity contribution in [1.82, 2.24) is 10.2 Å². The van der Waals surface area contributed by atoms with Crippen LogP contribution in [0.1, 0.15) is 30.9 Å². The Kier molecular flexibility index (Phi) is 12.1. The fourth-order valence-corrected chi connectivity index (χ4v) is 5.54. The summed E-state index contributed by atoms with van der Waals surface area (Å²) in [4.78, 5) is 29.3. The Balaban J connectivity index is 2.09. The molecule has 0 aliphatic carbocycles. The van der Waals surface area contributed by atoms with Crippen molar-refractivity contribution in [3.63, 3.8) is 0 Å². The summed E-state index contributed by atoms with van der Waals surface area (Å²) in [5, 5.41) is 3.44. The van der Waals surface area contributed by atoms with Gasteiger partial charge < -0.3 is 19.7 Å². The molecule has 0 aliphatic heterocycles. The SMILES string of the molecule is CCCCNC(=O)[C@@H](Cc1ccccc1)N(Cc1cccc(Cl)c1)C(=O)CN(c1cc(OC)ccc1OC)S(C)(=O)=O. The van der Waals surface area contributed by atoms with E-state index in [4.69, 9.17) is 21.1 Å². The number of nitrogens with one attached hydrogen (secondary N) is 1. The summed E-state index contributed by atoms with van der Waals surface area (Å²) >= 11 is 6.25. The third-order valence-electron chi connectivity index (χ3n) is 6.68. The van der Waals surface area contributed by atoms with E-state index in [1.54, 1.807) is 36.4 Å². The number of nitrogens with zero attached hydrogens (tertiary/aromatic N) is 2. The molecule has 0 fully saturated rings. The highest BCUT2D eigenvalue weighted by molar-refractivity contribution is 7.92. The Morgan fingerprint density at radius 3 is 2.29 bits per heavy atom. The predicted molar refractivity (Wildman–Crippen MR) is 166 cm³/mol. The lowest BCUT2D eigenvalue weighted by Gasteiger charge is -2.33. The molecule has 3 rings (SSSR count). The van der Waals surface area contributed by atoms with Gasteiger partial charge in [-0.3, -0.25) is 13.9 Å². The molecule has 2 amide bonds. The largest absolute Gasteiger partial charge is 0.497 e. The molecule has 0 heterocycles. The second kappa shape index (κ2) is 15.5. The molecule has 11 heteroatoms. The lowest BCUT2D eigenvalue weighted by atomic mass is 10.0. The van der Waals surface area contributed by atoms with Crippen molar-refractivity contribution in [1.29, 1.82) is 0 Å². The van der Waals surface area contributed by atoms with E-state index in [2.05, 4.69) is 5.32 Å². The number of benzene rings is 3. The Labute approximate surface area is 253 Å². The number of hydrogen-bond donors (Lipinski definition) is 1. The Hall–Kier alpha value is -3.76. The van der Waals surface area contributed by atoms with Gasteiger partial charge in [0.15, 0.2) is 0 Å². The van der Waals surface area contributed by atoms with Gasteiger partial charge in [-0.05, 0) is 41.8 Å². The van der Waals surface area contributed by atoms with E-state index in [-0.39, 0.29) is 30.3 Å². The molecule has 0 aromatic heterocycles. The highest BCUT2D eigenvalue weighted by atomic mass is 35.5. The first-order chi connectivity index (χ1) is 20.1. The summed E-state index contributed by atoms with van der Waals surface area (Å²) in [7, 11) is -1.11. The van der Waals surface area contributed by atoms with Crippen LogP contribution in [0.5, 0.6) is 11.5 Å². The van der Waals surface area contributed by atoms with Gasteiger partial charge in [0.1, 0.15) is 24.1 Å². The number of carbonyl (C=O) groups is 2. The molecule has 0 saturated heterocycles. The van der Waals surface area contributed by atoms with E-state index < -0.39 is 28.5 Å². The van der Waals surface area contributed by atoms with Crippen molar-refractivity contribution in [3.8, 4) is 11.5 Å². The number of methoxy groups -OCH3 is 2. The maximum atomic E-state index is 14.2.